The van der Waals surface area contributed by atoms with E-state index in [4.69, 9.17) is 0 Å². The van der Waals surface area contributed by atoms with Gasteiger partial charge in [-0.15, -0.1) is 0 Å². The smallest absolute Gasteiger partial charge is 0.322 e. The number of alkyl halides is 2. The van der Waals surface area contributed by atoms with Crippen LogP contribution < -0.4 is 0 Å². The number of imidazole rings is 1. The topological polar surface area (TPSA) is 79.2 Å². The highest BCUT2D eigenvalue weighted by Crippen LogP contribution is 2.25. The number of benzene rings is 1. The fraction of sp³-hybridized carbons (Fsp3) is 0.125. The summed E-state index contributed by atoms with van der Waals surface area (Å²) in [6.45, 7) is -0.415. The summed E-state index contributed by atoms with van der Waals surface area (Å²) in [5.41, 5.74) is 4.93. The Labute approximate surface area is 196 Å². The molecule has 0 atom stereocenters. The zero-order chi connectivity index (χ0) is 24.1. The third-order valence-electron chi connectivity index (χ3n) is 5.78. The van der Waals surface area contributed by atoms with Crippen LogP contribution in [0.2, 0.25) is 0 Å². The minimum atomic E-state index is -2.73. The van der Waals surface area contributed by atoms with Crippen LogP contribution in [0, 0.1) is 12.7 Å². The monoisotopic (exact) mass is 474 g/mol. The van der Waals surface area contributed by atoms with Gasteiger partial charge in [-0.1, -0.05) is 12.1 Å². The lowest BCUT2D eigenvalue weighted by Gasteiger charge is -2.09. The maximum Gasteiger partial charge on any atom is 0.333 e. The number of hydrogen-bond acceptors (Lipinski definition) is 5. The zero-order valence-electron chi connectivity index (χ0n) is 18.3. The first-order valence-corrected chi connectivity index (χ1v) is 10.7. The van der Waals surface area contributed by atoms with E-state index in [2.05, 4.69) is 25.0 Å². The molecule has 0 aliphatic rings. The first kappa shape index (κ1) is 21.0. The van der Waals surface area contributed by atoms with Crippen molar-refractivity contribution in [2.45, 2.75) is 20.0 Å². The average Bonchev–Trinajstić information content (AvgIpc) is 3.56. The van der Waals surface area contributed by atoms with Crippen LogP contribution in [-0.2, 0) is 6.54 Å². The van der Waals surface area contributed by atoms with Gasteiger partial charge in [0.05, 0.1) is 35.5 Å². The van der Waals surface area contributed by atoms with Crippen molar-refractivity contribution in [1.82, 2.24) is 38.9 Å². The second-order valence-corrected chi connectivity index (χ2v) is 8.05. The summed E-state index contributed by atoms with van der Waals surface area (Å²) in [7, 11) is 0. The largest absolute Gasteiger partial charge is 0.333 e. The Kier molecular flexibility index (Phi) is 4.83. The number of nitrogens with zero attached hydrogens (tertiary/aromatic N) is 8. The number of halogens is 3. The summed E-state index contributed by atoms with van der Waals surface area (Å²) in [5.74, 6) is 0.458. The summed E-state index contributed by atoms with van der Waals surface area (Å²) in [4.78, 5) is 18.1. The van der Waals surface area contributed by atoms with E-state index in [1.54, 1.807) is 12.3 Å². The van der Waals surface area contributed by atoms with Gasteiger partial charge in [0.15, 0.2) is 11.3 Å². The molecule has 6 rings (SSSR count). The number of rotatable bonds is 5. The molecule has 0 aliphatic heterocycles. The molecule has 0 bridgehead atoms. The molecule has 0 unspecified atom stereocenters. The molecule has 5 aromatic heterocycles. The summed E-state index contributed by atoms with van der Waals surface area (Å²) >= 11 is 0. The van der Waals surface area contributed by atoms with Crippen LogP contribution in [0.3, 0.4) is 0 Å². The summed E-state index contributed by atoms with van der Waals surface area (Å²) in [6.07, 6.45) is 7.59. The second-order valence-electron chi connectivity index (χ2n) is 8.05. The SMILES string of the molecule is Cc1nc2ncc(-n3ccc4ncc(-c5cnn(C(F)F)c5)nc43)cc2n1Cc1cccc(F)c1. The number of pyridine rings is 1. The van der Waals surface area contributed by atoms with E-state index in [-0.39, 0.29) is 5.82 Å². The summed E-state index contributed by atoms with van der Waals surface area (Å²) < 4.78 is 43.9. The molecule has 8 nitrogen and oxygen atoms in total. The minimum absolute atomic E-state index is 0.296. The molecule has 0 radical (unpaired) electrons. The molecule has 0 saturated heterocycles. The fourth-order valence-electron chi connectivity index (χ4n) is 4.08. The normalized spacial score (nSPS) is 11.8. The molecule has 1 aromatic carbocycles. The highest BCUT2D eigenvalue weighted by atomic mass is 19.3. The molecule has 11 heteroatoms. The standard InChI is InChI=1S/C24H17F3N8/c1-14-31-22-21(34(14)12-15-3-2-4-17(25)7-15)8-18(10-29-22)33-6-5-19-23(33)32-20(11-28-19)16-9-30-35(13-16)24(26)27/h2-11,13,24H,12H2,1H3. The van der Waals surface area contributed by atoms with Crippen LogP contribution in [0.15, 0.2) is 67.4 Å². The zero-order valence-corrected chi connectivity index (χ0v) is 18.3. The third kappa shape index (κ3) is 3.70. The van der Waals surface area contributed by atoms with Crippen LogP contribution >= 0.6 is 0 Å². The van der Waals surface area contributed by atoms with Gasteiger partial charge in [0.1, 0.15) is 17.2 Å². The van der Waals surface area contributed by atoms with Crippen molar-refractivity contribution in [3.05, 3.63) is 84.6 Å². The Balaban J connectivity index is 1.43. The van der Waals surface area contributed by atoms with Crippen molar-refractivity contribution in [2.24, 2.45) is 0 Å². The maximum absolute atomic E-state index is 13.7. The van der Waals surface area contributed by atoms with Gasteiger partial charge in [0.25, 0.3) is 0 Å². The van der Waals surface area contributed by atoms with Gasteiger partial charge in [0, 0.05) is 24.5 Å². The molecular formula is C24H17F3N8. The van der Waals surface area contributed by atoms with E-state index in [1.165, 1.54) is 30.7 Å². The lowest BCUT2D eigenvalue weighted by Crippen LogP contribution is -2.03. The summed E-state index contributed by atoms with van der Waals surface area (Å²) in [5, 5.41) is 3.68. The highest BCUT2D eigenvalue weighted by molar-refractivity contribution is 5.79. The molecule has 0 amide bonds. The lowest BCUT2D eigenvalue weighted by atomic mass is 10.2. The molecule has 0 saturated carbocycles. The van der Waals surface area contributed by atoms with Gasteiger partial charge < -0.3 is 4.57 Å². The van der Waals surface area contributed by atoms with Crippen molar-refractivity contribution < 1.29 is 13.2 Å². The first-order chi connectivity index (χ1) is 17.0. The van der Waals surface area contributed by atoms with Crippen LogP contribution in [0.25, 0.3) is 39.3 Å². The van der Waals surface area contributed by atoms with E-state index in [0.717, 1.165) is 22.6 Å². The molecule has 0 aliphatic carbocycles. The van der Waals surface area contributed by atoms with E-state index < -0.39 is 6.55 Å². The quantitative estimate of drug-likeness (QED) is 0.354. The fourth-order valence-corrected chi connectivity index (χ4v) is 4.08. The van der Waals surface area contributed by atoms with Crippen molar-refractivity contribution in [3.8, 4) is 16.9 Å². The number of hydrogen-bond donors (Lipinski definition) is 0. The number of aryl methyl sites for hydroxylation is 1. The molecule has 0 spiro atoms. The van der Waals surface area contributed by atoms with Crippen LogP contribution in [0.1, 0.15) is 17.9 Å². The van der Waals surface area contributed by atoms with Crippen LogP contribution in [-0.4, -0.2) is 38.9 Å². The molecular weight excluding hydrogens is 457 g/mol. The molecule has 174 valence electrons. The van der Waals surface area contributed by atoms with Gasteiger partial charge in [-0.05, 0) is 36.8 Å². The van der Waals surface area contributed by atoms with Crippen molar-refractivity contribution in [1.29, 1.82) is 0 Å². The predicted octanol–water partition coefficient (Wildman–Crippen LogP) is 4.92. The Bertz CT molecular complexity index is 1700. The molecule has 0 N–H and O–H groups in total. The third-order valence-corrected chi connectivity index (χ3v) is 5.78. The molecule has 5 heterocycles. The highest BCUT2D eigenvalue weighted by Gasteiger charge is 2.15. The van der Waals surface area contributed by atoms with Crippen molar-refractivity contribution in [3.63, 3.8) is 0 Å². The Hall–Kier alpha value is -4.54. The van der Waals surface area contributed by atoms with Gasteiger partial charge in [0.2, 0.25) is 0 Å². The maximum atomic E-state index is 13.7. The van der Waals surface area contributed by atoms with Crippen molar-refractivity contribution in [2.75, 3.05) is 0 Å². The van der Waals surface area contributed by atoms with Crippen molar-refractivity contribution >= 4 is 22.3 Å². The predicted molar refractivity (Wildman–Crippen MR) is 123 cm³/mol. The van der Waals surface area contributed by atoms with Gasteiger partial charge in [-0.25, -0.2) is 24.0 Å². The Morgan fingerprint density at radius 3 is 2.69 bits per heavy atom. The Morgan fingerprint density at radius 2 is 1.89 bits per heavy atom. The molecule has 0 fully saturated rings. The van der Waals surface area contributed by atoms with E-state index in [9.17, 15) is 13.2 Å². The number of fused-ring (bicyclic) bond motifs is 2. The minimum Gasteiger partial charge on any atom is -0.322 e. The van der Waals surface area contributed by atoms with E-state index >= 15 is 0 Å². The Morgan fingerprint density at radius 1 is 1.00 bits per heavy atom. The van der Waals surface area contributed by atoms with Crippen LogP contribution in [0.4, 0.5) is 13.2 Å². The molecule has 35 heavy (non-hydrogen) atoms. The average molecular weight is 474 g/mol. The van der Waals surface area contributed by atoms with Crippen LogP contribution in [0.5, 0.6) is 0 Å². The summed E-state index contributed by atoms with van der Waals surface area (Å²) in [6, 6.07) is 10.2. The molecule has 6 aromatic rings. The second kappa shape index (κ2) is 8.05. The van der Waals surface area contributed by atoms with E-state index in [1.807, 2.05) is 40.5 Å². The van der Waals surface area contributed by atoms with E-state index in [0.29, 0.717) is 39.3 Å². The van der Waals surface area contributed by atoms with Gasteiger partial charge in [-0.3, -0.25) is 9.55 Å². The number of aromatic nitrogens is 8. The lowest BCUT2D eigenvalue weighted by molar-refractivity contribution is 0.0566. The van der Waals surface area contributed by atoms with Gasteiger partial charge in [-0.2, -0.15) is 13.9 Å². The van der Waals surface area contributed by atoms with Gasteiger partial charge >= 0.3 is 6.55 Å². The first-order valence-electron chi connectivity index (χ1n) is 10.7.